The number of benzene rings is 1. The minimum absolute atomic E-state index is 1.09. The normalized spacial score (nSPS) is 22.5. The summed E-state index contributed by atoms with van der Waals surface area (Å²) in [6.07, 6.45) is 8.03. The number of hydrogen-bond acceptors (Lipinski definition) is 4. The first-order chi connectivity index (χ1) is 12.9. The Morgan fingerprint density at radius 3 is 1.69 bits per heavy atom. The van der Waals surface area contributed by atoms with Crippen molar-refractivity contribution >= 4 is 0 Å². The highest BCUT2D eigenvalue weighted by Gasteiger charge is 2.10. The molecule has 2 aliphatic heterocycles. The molecular weight excluding hydrogens is 320 g/mol. The van der Waals surface area contributed by atoms with E-state index in [1.54, 1.807) is 0 Å². The van der Waals surface area contributed by atoms with Crippen LogP contribution in [-0.4, -0.2) is 62.2 Å². The molecule has 2 aliphatic rings. The number of nitrogens with zero attached hydrogens (tertiary/aromatic N) is 2. The lowest BCUT2D eigenvalue weighted by atomic mass is 10.1. The summed E-state index contributed by atoms with van der Waals surface area (Å²) in [5, 5.41) is 7.14. The van der Waals surface area contributed by atoms with Gasteiger partial charge in [-0.2, -0.15) is 0 Å². The molecule has 3 rings (SSSR count). The Hall–Kier alpha value is -0.940. The standard InChI is InChI=1S/C22H38N4/c1-3-10-23-12-16-25(14-5-1)19-21-8-7-9-22(18-21)20-26-15-6-2-4-11-24-13-17-26/h7-9,18,23-24H,1-6,10-17,19-20H2. The van der Waals surface area contributed by atoms with Crippen LogP contribution in [0.2, 0.25) is 0 Å². The number of rotatable bonds is 4. The van der Waals surface area contributed by atoms with Gasteiger partial charge in [-0.05, 0) is 63.0 Å². The van der Waals surface area contributed by atoms with Crippen LogP contribution < -0.4 is 10.6 Å². The van der Waals surface area contributed by atoms with E-state index in [4.69, 9.17) is 0 Å². The zero-order chi connectivity index (χ0) is 17.9. The fourth-order valence-corrected chi connectivity index (χ4v) is 4.13. The van der Waals surface area contributed by atoms with Gasteiger partial charge in [0.1, 0.15) is 0 Å². The summed E-state index contributed by atoms with van der Waals surface area (Å²) in [5.41, 5.74) is 2.95. The molecule has 0 aliphatic carbocycles. The lowest BCUT2D eigenvalue weighted by Crippen LogP contribution is -2.32. The van der Waals surface area contributed by atoms with Gasteiger partial charge in [0.15, 0.2) is 0 Å². The van der Waals surface area contributed by atoms with Gasteiger partial charge in [-0.3, -0.25) is 9.80 Å². The molecule has 0 atom stereocenters. The fourth-order valence-electron chi connectivity index (χ4n) is 4.13. The van der Waals surface area contributed by atoms with Crippen LogP contribution in [0.15, 0.2) is 24.3 Å². The second kappa shape index (κ2) is 11.7. The largest absolute Gasteiger partial charge is 0.315 e. The molecule has 0 aromatic heterocycles. The van der Waals surface area contributed by atoms with E-state index in [2.05, 4.69) is 44.7 Å². The molecule has 146 valence electrons. The van der Waals surface area contributed by atoms with Gasteiger partial charge >= 0.3 is 0 Å². The second-order valence-corrected chi connectivity index (χ2v) is 7.99. The Labute approximate surface area is 160 Å². The maximum Gasteiger partial charge on any atom is 0.0234 e. The van der Waals surface area contributed by atoms with Crippen molar-refractivity contribution in [2.24, 2.45) is 0 Å². The van der Waals surface area contributed by atoms with Crippen molar-refractivity contribution in [3.8, 4) is 0 Å². The van der Waals surface area contributed by atoms with Crippen LogP contribution in [0.25, 0.3) is 0 Å². The molecule has 2 N–H and O–H groups in total. The molecule has 0 spiro atoms. The minimum Gasteiger partial charge on any atom is -0.315 e. The van der Waals surface area contributed by atoms with Crippen LogP contribution in [0.1, 0.15) is 49.7 Å². The average molecular weight is 359 g/mol. The highest BCUT2D eigenvalue weighted by molar-refractivity contribution is 5.23. The molecule has 1 aromatic rings. The van der Waals surface area contributed by atoms with Gasteiger partial charge in [-0.1, -0.05) is 37.1 Å². The summed E-state index contributed by atoms with van der Waals surface area (Å²) < 4.78 is 0. The summed E-state index contributed by atoms with van der Waals surface area (Å²) in [5.74, 6) is 0. The number of nitrogens with one attached hydrogen (secondary N) is 2. The monoisotopic (exact) mass is 358 g/mol. The van der Waals surface area contributed by atoms with Crippen LogP contribution in [0.4, 0.5) is 0 Å². The second-order valence-electron chi connectivity index (χ2n) is 7.99. The van der Waals surface area contributed by atoms with Gasteiger partial charge in [0.25, 0.3) is 0 Å². The van der Waals surface area contributed by atoms with Crippen LogP contribution in [0, 0.1) is 0 Å². The van der Waals surface area contributed by atoms with Crippen molar-refractivity contribution in [1.29, 1.82) is 0 Å². The third-order valence-electron chi connectivity index (χ3n) is 5.67. The molecule has 2 heterocycles. The zero-order valence-corrected chi connectivity index (χ0v) is 16.5. The van der Waals surface area contributed by atoms with Crippen molar-refractivity contribution in [2.45, 2.75) is 51.6 Å². The Kier molecular flexibility index (Phi) is 8.92. The van der Waals surface area contributed by atoms with Crippen molar-refractivity contribution in [2.75, 3.05) is 52.4 Å². The molecule has 4 heteroatoms. The summed E-state index contributed by atoms with van der Waals surface area (Å²) in [6, 6.07) is 9.32. The van der Waals surface area contributed by atoms with E-state index in [9.17, 15) is 0 Å². The van der Waals surface area contributed by atoms with E-state index < -0.39 is 0 Å². The predicted octanol–water partition coefficient (Wildman–Crippen LogP) is 2.84. The summed E-state index contributed by atoms with van der Waals surface area (Å²) in [7, 11) is 0. The molecule has 0 amide bonds. The Morgan fingerprint density at radius 1 is 0.615 bits per heavy atom. The maximum absolute atomic E-state index is 3.57. The lowest BCUT2D eigenvalue weighted by Gasteiger charge is -2.24. The molecule has 2 saturated heterocycles. The zero-order valence-electron chi connectivity index (χ0n) is 16.5. The maximum atomic E-state index is 3.57. The van der Waals surface area contributed by atoms with E-state index >= 15 is 0 Å². The van der Waals surface area contributed by atoms with Gasteiger partial charge in [-0.25, -0.2) is 0 Å². The van der Waals surface area contributed by atoms with E-state index in [0.717, 1.165) is 26.2 Å². The van der Waals surface area contributed by atoms with Gasteiger partial charge in [-0.15, -0.1) is 0 Å². The number of hydrogen-bond donors (Lipinski definition) is 2. The molecular formula is C22H38N4. The summed E-state index contributed by atoms with van der Waals surface area (Å²) in [6.45, 7) is 11.6. The Morgan fingerprint density at radius 2 is 1.15 bits per heavy atom. The Bertz CT molecular complexity index is 443. The summed E-state index contributed by atoms with van der Waals surface area (Å²) >= 11 is 0. The van der Waals surface area contributed by atoms with Crippen LogP contribution >= 0.6 is 0 Å². The molecule has 26 heavy (non-hydrogen) atoms. The third kappa shape index (κ3) is 7.36. The van der Waals surface area contributed by atoms with Crippen molar-refractivity contribution < 1.29 is 0 Å². The first kappa shape index (κ1) is 19.8. The Balaban J connectivity index is 1.54. The van der Waals surface area contributed by atoms with E-state index in [1.807, 2.05) is 0 Å². The van der Waals surface area contributed by atoms with E-state index in [0.29, 0.717) is 0 Å². The topological polar surface area (TPSA) is 30.5 Å². The van der Waals surface area contributed by atoms with Crippen molar-refractivity contribution in [3.05, 3.63) is 35.4 Å². The molecule has 1 aromatic carbocycles. The molecule has 0 saturated carbocycles. The van der Waals surface area contributed by atoms with E-state index in [-0.39, 0.29) is 0 Å². The molecule has 0 bridgehead atoms. The van der Waals surface area contributed by atoms with Crippen molar-refractivity contribution in [1.82, 2.24) is 20.4 Å². The fraction of sp³-hybridized carbons (Fsp3) is 0.727. The first-order valence-corrected chi connectivity index (χ1v) is 10.8. The van der Waals surface area contributed by atoms with Gasteiger partial charge in [0, 0.05) is 39.3 Å². The van der Waals surface area contributed by atoms with E-state index in [1.165, 1.54) is 88.9 Å². The highest BCUT2D eigenvalue weighted by Crippen LogP contribution is 2.13. The highest BCUT2D eigenvalue weighted by atomic mass is 15.1. The van der Waals surface area contributed by atoms with Gasteiger partial charge < -0.3 is 10.6 Å². The average Bonchev–Trinajstić information content (AvgIpc) is 2.86. The van der Waals surface area contributed by atoms with Gasteiger partial charge in [0.2, 0.25) is 0 Å². The van der Waals surface area contributed by atoms with Crippen molar-refractivity contribution in [3.63, 3.8) is 0 Å². The van der Waals surface area contributed by atoms with Crippen LogP contribution in [0.3, 0.4) is 0 Å². The predicted molar refractivity (Wildman–Crippen MR) is 110 cm³/mol. The SMILES string of the molecule is c1cc(CN2CCCCCNCC2)cc(CN2CCCCCNCC2)c1. The lowest BCUT2D eigenvalue weighted by molar-refractivity contribution is 0.262. The molecule has 0 unspecified atom stereocenters. The first-order valence-electron chi connectivity index (χ1n) is 10.8. The smallest absolute Gasteiger partial charge is 0.0234 e. The quantitative estimate of drug-likeness (QED) is 0.866. The van der Waals surface area contributed by atoms with Crippen LogP contribution in [0.5, 0.6) is 0 Å². The minimum atomic E-state index is 1.09. The van der Waals surface area contributed by atoms with Crippen LogP contribution in [-0.2, 0) is 13.1 Å². The molecule has 4 nitrogen and oxygen atoms in total. The summed E-state index contributed by atoms with van der Waals surface area (Å²) in [4.78, 5) is 5.25. The van der Waals surface area contributed by atoms with Gasteiger partial charge in [0.05, 0.1) is 0 Å². The molecule has 2 fully saturated rings. The third-order valence-corrected chi connectivity index (χ3v) is 5.67. The molecule has 0 radical (unpaired) electrons.